The summed E-state index contributed by atoms with van der Waals surface area (Å²) >= 11 is 0. The van der Waals surface area contributed by atoms with Crippen molar-refractivity contribution >= 4 is 0 Å². The molecule has 0 aromatic heterocycles. The van der Waals surface area contributed by atoms with Gasteiger partial charge in [0.25, 0.3) is 0 Å². The Kier molecular flexibility index (Phi) is 2.69. The molecule has 0 aromatic carbocycles. The molecule has 70 valence electrons. The normalized spacial score (nSPS) is 36.8. The molecule has 1 N–H and O–H groups in total. The lowest BCUT2D eigenvalue weighted by molar-refractivity contribution is 0.305. The second-order valence-electron chi connectivity index (χ2n) is 4.81. The van der Waals surface area contributed by atoms with Crippen LogP contribution in [0, 0.1) is 11.8 Å². The summed E-state index contributed by atoms with van der Waals surface area (Å²) in [4.78, 5) is 0. The zero-order chi connectivity index (χ0) is 8.39. The van der Waals surface area contributed by atoms with Gasteiger partial charge in [0, 0.05) is 6.04 Å². The fourth-order valence-corrected chi connectivity index (χ4v) is 2.12. The first kappa shape index (κ1) is 8.55. The highest BCUT2D eigenvalue weighted by Gasteiger charge is 2.23. The van der Waals surface area contributed by atoms with Gasteiger partial charge in [-0.1, -0.05) is 6.92 Å². The van der Waals surface area contributed by atoms with E-state index in [-0.39, 0.29) is 0 Å². The first-order valence-electron chi connectivity index (χ1n) is 5.58. The molecule has 0 spiro atoms. The molecule has 12 heavy (non-hydrogen) atoms. The lowest BCUT2D eigenvalue weighted by atomic mass is 9.87. The number of nitrogens with one attached hydrogen (secondary N) is 1. The van der Waals surface area contributed by atoms with Crippen LogP contribution in [-0.4, -0.2) is 12.6 Å². The standard InChI is InChI=1S/C11H21N/c1-9-2-6-11(7-3-9)12-8-10-4-5-10/h9-12H,2-8H2,1H3. The molecule has 0 saturated heterocycles. The van der Waals surface area contributed by atoms with Crippen LogP contribution in [0.4, 0.5) is 0 Å². The first-order valence-corrected chi connectivity index (χ1v) is 5.58. The molecule has 0 aliphatic heterocycles. The smallest absolute Gasteiger partial charge is 0.00673 e. The number of hydrogen-bond donors (Lipinski definition) is 1. The van der Waals surface area contributed by atoms with Crippen LogP contribution >= 0.6 is 0 Å². The largest absolute Gasteiger partial charge is 0.314 e. The van der Waals surface area contributed by atoms with E-state index >= 15 is 0 Å². The number of hydrogen-bond acceptors (Lipinski definition) is 1. The Bertz CT molecular complexity index is 132. The molecule has 0 amide bonds. The topological polar surface area (TPSA) is 12.0 Å². The summed E-state index contributed by atoms with van der Waals surface area (Å²) in [6.45, 7) is 3.69. The molecule has 2 aliphatic carbocycles. The highest BCUT2D eigenvalue weighted by atomic mass is 14.9. The Labute approximate surface area is 75.9 Å². The monoisotopic (exact) mass is 167 g/mol. The lowest BCUT2D eigenvalue weighted by Gasteiger charge is -2.26. The molecule has 2 saturated carbocycles. The van der Waals surface area contributed by atoms with Crippen molar-refractivity contribution in [3.8, 4) is 0 Å². The van der Waals surface area contributed by atoms with Gasteiger partial charge in [0.2, 0.25) is 0 Å². The maximum absolute atomic E-state index is 3.70. The second-order valence-corrected chi connectivity index (χ2v) is 4.81. The Morgan fingerprint density at radius 3 is 2.25 bits per heavy atom. The SMILES string of the molecule is CC1CCC(NCC2CC2)CC1. The van der Waals surface area contributed by atoms with Crippen LogP contribution in [0.25, 0.3) is 0 Å². The van der Waals surface area contributed by atoms with E-state index in [9.17, 15) is 0 Å². The van der Waals surface area contributed by atoms with E-state index in [1.807, 2.05) is 0 Å². The van der Waals surface area contributed by atoms with Crippen LogP contribution in [0.5, 0.6) is 0 Å². The molecule has 1 heteroatoms. The third kappa shape index (κ3) is 2.48. The van der Waals surface area contributed by atoms with Gasteiger partial charge in [-0.15, -0.1) is 0 Å². The fourth-order valence-electron chi connectivity index (χ4n) is 2.12. The summed E-state index contributed by atoms with van der Waals surface area (Å²) < 4.78 is 0. The molecule has 0 aromatic rings. The molecule has 1 nitrogen and oxygen atoms in total. The van der Waals surface area contributed by atoms with E-state index in [1.54, 1.807) is 0 Å². The third-order valence-electron chi connectivity index (χ3n) is 3.41. The summed E-state index contributed by atoms with van der Waals surface area (Å²) in [5.74, 6) is 2.04. The van der Waals surface area contributed by atoms with E-state index < -0.39 is 0 Å². The fraction of sp³-hybridized carbons (Fsp3) is 1.00. The minimum atomic E-state index is 0.863. The zero-order valence-electron chi connectivity index (χ0n) is 8.18. The third-order valence-corrected chi connectivity index (χ3v) is 3.41. The summed E-state index contributed by atoms with van der Waals surface area (Å²) in [6.07, 6.45) is 8.71. The predicted octanol–water partition coefficient (Wildman–Crippen LogP) is 2.56. The van der Waals surface area contributed by atoms with E-state index in [4.69, 9.17) is 0 Å². The van der Waals surface area contributed by atoms with Gasteiger partial charge < -0.3 is 5.32 Å². The second kappa shape index (κ2) is 3.78. The van der Waals surface area contributed by atoms with Crippen molar-refractivity contribution in [1.82, 2.24) is 5.32 Å². The van der Waals surface area contributed by atoms with Gasteiger partial charge in [0.1, 0.15) is 0 Å². The van der Waals surface area contributed by atoms with E-state index in [0.717, 1.165) is 17.9 Å². The van der Waals surface area contributed by atoms with Crippen LogP contribution in [0.3, 0.4) is 0 Å². The Morgan fingerprint density at radius 2 is 1.67 bits per heavy atom. The molecular formula is C11H21N. The molecule has 0 unspecified atom stereocenters. The average molecular weight is 167 g/mol. The first-order chi connectivity index (χ1) is 5.84. The van der Waals surface area contributed by atoms with Crippen molar-refractivity contribution in [3.63, 3.8) is 0 Å². The van der Waals surface area contributed by atoms with Crippen LogP contribution in [0.15, 0.2) is 0 Å². The highest BCUT2D eigenvalue weighted by molar-refractivity contribution is 4.80. The van der Waals surface area contributed by atoms with Crippen molar-refractivity contribution < 1.29 is 0 Å². The Morgan fingerprint density at radius 1 is 1.00 bits per heavy atom. The van der Waals surface area contributed by atoms with Gasteiger partial charge in [0.05, 0.1) is 0 Å². The quantitative estimate of drug-likeness (QED) is 0.681. The van der Waals surface area contributed by atoms with Gasteiger partial charge in [-0.25, -0.2) is 0 Å². The van der Waals surface area contributed by atoms with Crippen LogP contribution < -0.4 is 5.32 Å². The van der Waals surface area contributed by atoms with Gasteiger partial charge >= 0.3 is 0 Å². The van der Waals surface area contributed by atoms with E-state index in [0.29, 0.717) is 0 Å². The van der Waals surface area contributed by atoms with Gasteiger partial charge in [0.15, 0.2) is 0 Å². The maximum atomic E-state index is 3.70. The van der Waals surface area contributed by atoms with Crippen molar-refractivity contribution in [2.24, 2.45) is 11.8 Å². The van der Waals surface area contributed by atoms with Crippen molar-refractivity contribution in [1.29, 1.82) is 0 Å². The molecule has 0 heterocycles. The Balaban J connectivity index is 1.60. The van der Waals surface area contributed by atoms with E-state index in [2.05, 4.69) is 12.2 Å². The zero-order valence-corrected chi connectivity index (χ0v) is 8.18. The maximum Gasteiger partial charge on any atom is 0.00673 e. The van der Waals surface area contributed by atoms with Gasteiger partial charge in [-0.3, -0.25) is 0 Å². The summed E-state index contributed by atoms with van der Waals surface area (Å²) in [5, 5.41) is 3.70. The van der Waals surface area contributed by atoms with E-state index in [1.165, 1.54) is 45.1 Å². The van der Waals surface area contributed by atoms with Crippen LogP contribution in [-0.2, 0) is 0 Å². The van der Waals surface area contributed by atoms with Crippen molar-refractivity contribution in [2.75, 3.05) is 6.54 Å². The molecule has 0 atom stereocenters. The number of rotatable bonds is 3. The Hall–Kier alpha value is -0.0400. The molecule has 2 rings (SSSR count). The summed E-state index contributed by atoms with van der Waals surface area (Å²) in [5.41, 5.74) is 0. The molecular weight excluding hydrogens is 146 g/mol. The van der Waals surface area contributed by atoms with Crippen LogP contribution in [0.1, 0.15) is 45.4 Å². The molecule has 0 bridgehead atoms. The average Bonchev–Trinajstić information content (AvgIpc) is 2.87. The lowest BCUT2D eigenvalue weighted by Crippen LogP contribution is -2.34. The van der Waals surface area contributed by atoms with Gasteiger partial charge in [-0.2, -0.15) is 0 Å². The summed E-state index contributed by atoms with van der Waals surface area (Å²) in [7, 11) is 0. The van der Waals surface area contributed by atoms with Crippen molar-refractivity contribution in [2.45, 2.75) is 51.5 Å². The predicted molar refractivity (Wildman–Crippen MR) is 52.1 cm³/mol. The molecule has 0 radical (unpaired) electrons. The van der Waals surface area contributed by atoms with Crippen LogP contribution in [0.2, 0.25) is 0 Å². The molecule has 2 fully saturated rings. The summed E-state index contributed by atoms with van der Waals surface area (Å²) in [6, 6.07) is 0.863. The minimum absolute atomic E-state index is 0.863. The highest BCUT2D eigenvalue weighted by Crippen LogP contribution is 2.29. The van der Waals surface area contributed by atoms with Gasteiger partial charge in [-0.05, 0) is 56.9 Å². The molecule has 2 aliphatic rings. The minimum Gasteiger partial charge on any atom is -0.314 e. The van der Waals surface area contributed by atoms with Crippen molar-refractivity contribution in [3.05, 3.63) is 0 Å².